The lowest BCUT2D eigenvalue weighted by molar-refractivity contribution is -0.0370. The second-order valence-corrected chi connectivity index (χ2v) is 7.30. The number of rotatable bonds is 3. The van der Waals surface area contributed by atoms with Gasteiger partial charge in [0.25, 0.3) is 11.8 Å². The quantitative estimate of drug-likeness (QED) is 0.890. The van der Waals surface area contributed by atoms with Crippen LogP contribution in [0.1, 0.15) is 34.6 Å². The van der Waals surface area contributed by atoms with Crippen LogP contribution in [0.15, 0.2) is 48.5 Å². The van der Waals surface area contributed by atoms with E-state index in [1.165, 1.54) is 0 Å². The van der Waals surface area contributed by atoms with Crippen molar-refractivity contribution in [3.63, 3.8) is 0 Å². The number of carbonyl (C=O) groups excluding carboxylic acids is 2. The lowest BCUT2D eigenvalue weighted by Gasteiger charge is -2.42. The van der Waals surface area contributed by atoms with Crippen LogP contribution in [0.3, 0.4) is 0 Å². The number of anilines is 1. The van der Waals surface area contributed by atoms with E-state index in [1.54, 1.807) is 48.5 Å². The van der Waals surface area contributed by atoms with Crippen LogP contribution in [0.25, 0.3) is 0 Å². The second-order valence-electron chi connectivity index (χ2n) is 6.86. The third-order valence-electron chi connectivity index (χ3n) is 4.39. The molecule has 0 saturated carbocycles. The molecule has 5 nitrogen and oxygen atoms in total. The minimum atomic E-state index is -0.337. The molecule has 26 heavy (non-hydrogen) atoms. The molecule has 3 rings (SSSR count). The number of halogens is 1. The number of ether oxygens (including phenoxy) is 1. The Kier molecular flexibility index (Phi) is 5.30. The van der Waals surface area contributed by atoms with Crippen LogP contribution in [-0.2, 0) is 4.74 Å². The summed E-state index contributed by atoms with van der Waals surface area (Å²) in [6.07, 6.45) is 0. The number of nitrogens with zero attached hydrogens (tertiary/aromatic N) is 1. The monoisotopic (exact) mass is 372 g/mol. The van der Waals surface area contributed by atoms with Gasteiger partial charge in [-0.3, -0.25) is 9.59 Å². The molecular formula is C20H21ClN2O3. The summed E-state index contributed by atoms with van der Waals surface area (Å²) < 4.78 is 5.46. The Hall–Kier alpha value is -2.37. The van der Waals surface area contributed by atoms with Crippen molar-refractivity contribution < 1.29 is 14.3 Å². The Morgan fingerprint density at radius 2 is 1.65 bits per heavy atom. The van der Waals surface area contributed by atoms with Gasteiger partial charge < -0.3 is 15.0 Å². The maximum Gasteiger partial charge on any atom is 0.255 e. The number of carbonyl (C=O) groups is 2. The highest BCUT2D eigenvalue weighted by Crippen LogP contribution is 2.22. The number of benzene rings is 2. The van der Waals surface area contributed by atoms with Gasteiger partial charge in [0.15, 0.2) is 0 Å². The highest BCUT2D eigenvalue weighted by atomic mass is 35.5. The largest absolute Gasteiger partial charge is 0.377 e. The standard InChI is InChI=1S/C20H21ClN2O3/c1-20(2)13-26-12-11-23(20)19(25)15-5-9-17(10-6-15)22-18(24)14-3-7-16(21)8-4-14/h3-10H,11-13H2,1-2H3,(H,22,24). The summed E-state index contributed by atoms with van der Waals surface area (Å²) in [4.78, 5) is 26.8. The van der Waals surface area contributed by atoms with Crippen LogP contribution in [0.2, 0.25) is 5.02 Å². The van der Waals surface area contributed by atoms with Crippen LogP contribution in [0.5, 0.6) is 0 Å². The van der Waals surface area contributed by atoms with Crippen molar-refractivity contribution in [3.05, 3.63) is 64.7 Å². The molecular weight excluding hydrogens is 352 g/mol. The van der Waals surface area contributed by atoms with Crippen LogP contribution < -0.4 is 5.32 Å². The van der Waals surface area contributed by atoms with Crippen molar-refractivity contribution in [3.8, 4) is 0 Å². The van der Waals surface area contributed by atoms with Crippen molar-refractivity contribution in [1.29, 1.82) is 0 Å². The summed E-state index contributed by atoms with van der Waals surface area (Å²) in [5.41, 5.74) is 1.40. The van der Waals surface area contributed by atoms with Crippen molar-refractivity contribution >= 4 is 29.1 Å². The summed E-state index contributed by atoms with van der Waals surface area (Å²) in [6.45, 7) is 5.62. The zero-order chi connectivity index (χ0) is 18.7. The van der Waals surface area contributed by atoms with Gasteiger partial charge in [0.2, 0.25) is 0 Å². The Bertz CT molecular complexity index is 801. The normalized spacial score (nSPS) is 16.2. The van der Waals surface area contributed by atoms with E-state index in [2.05, 4.69) is 5.32 Å². The van der Waals surface area contributed by atoms with Crippen molar-refractivity contribution in [2.45, 2.75) is 19.4 Å². The van der Waals surface area contributed by atoms with Gasteiger partial charge in [0.1, 0.15) is 0 Å². The van der Waals surface area contributed by atoms with Gasteiger partial charge in [0, 0.05) is 28.4 Å². The van der Waals surface area contributed by atoms with Crippen molar-refractivity contribution in [1.82, 2.24) is 4.90 Å². The Morgan fingerprint density at radius 1 is 1.04 bits per heavy atom. The maximum atomic E-state index is 12.8. The topological polar surface area (TPSA) is 58.6 Å². The Morgan fingerprint density at radius 3 is 2.27 bits per heavy atom. The number of morpholine rings is 1. The molecule has 0 bridgehead atoms. The fourth-order valence-corrected chi connectivity index (χ4v) is 3.02. The Balaban J connectivity index is 1.69. The average Bonchev–Trinajstić information content (AvgIpc) is 2.62. The van der Waals surface area contributed by atoms with Crippen LogP contribution in [0, 0.1) is 0 Å². The fraction of sp³-hybridized carbons (Fsp3) is 0.300. The molecule has 1 fully saturated rings. The first kappa shape index (κ1) is 18.4. The summed E-state index contributed by atoms with van der Waals surface area (Å²) in [7, 11) is 0. The highest BCUT2D eigenvalue weighted by molar-refractivity contribution is 6.30. The van der Waals surface area contributed by atoms with Crippen LogP contribution in [-0.4, -0.2) is 42.0 Å². The lowest BCUT2D eigenvalue weighted by Crippen LogP contribution is -2.55. The average molecular weight is 373 g/mol. The van der Waals surface area contributed by atoms with Gasteiger partial charge in [-0.2, -0.15) is 0 Å². The molecule has 0 aliphatic carbocycles. The molecule has 1 saturated heterocycles. The molecule has 1 aliphatic heterocycles. The summed E-state index contributed by atoms with van der Waals surface area (Å²) in [5.74, 6) is -0.260. The molecule has 2 amide bonds. The van der Waals surface area contributed by atoms with Gasteiger partial charge in [-0.05, 0) is 62.4 Å². The van der Waals surface area contributed by atoms with Gasteiger partial charge in [-0.15, -0.1) is 0 Å². The number of hydrogen-bond donors (Lipinski definition) is 1. The van der Waals surface area contributed by atoms with E-state index in [0.29, 0.717) is 41.6 Å². The molecule has 0 unspecified atom stereocenters. The van der Waals surface area contributed by atoms with Crippen LogP contribution >= 0.6 is 11.6 Å². The minimum Gasteiger partial charge on any atom is -0.377 e. The smallest absolute Gasteiger partial charge is 0.255 e. The van der Waals surface area contributed by atoms with E-state index < -0.39 is 0 Å². The van der Waals surface area contributed by atoms with Gasteiger partial charge in [-0.25, -0.2) is 0 Å². The first-order chi connectivity index (χ1) is 12.4. The third-order valence-corrected chi connectivity index (χ3v) is 4.64. The summed E-state index contributed by atoms with van der Waals surface area (Å²) >= 11 is 5.83. The van der Waals surface area contributed by atoms with E-state index in [1.807, 2.05) is 18.7 Å². The molecule has 6 heteroatoms. The van der Waals surface area contributed by atoms with Crippen molar-refractivity contribution in [2.24, 2.45) is 0 Å². The molecule has 0 atom stereocenters. The highest BCUT2D eigenvalue weighted by Gasteiger charge is 2.34. The summed E-state index contributed by atoms with van der Waals surface area (Å²) in [5, 5.41) is 3.39. The van der Waals surface area contributed by atoms with E-state index in [9.17, 15) is 9.59 Å². The molecule has 0 radical (unpaired) electrons. The second kappa shape index (κ2) is 7.48. The molecule has 0 aromatic heterocycles. The van der Waals surface area contributed by atoms with Gasteiger partial charge >= 0.3 is 0 Å². The van der Waals surface area contributed by atoms with E-state index >= 15 is 0 Å². The minimum absolute atomic E-state index is 0.0334. The molecule has 1 N–H and O–H groups in total. The molecule has 1 heterocycles. The molecule has 0 spiro atoms. The molecule has 136 valence electrons. The third kappa shape index (κ3) is 4.06. The zero-order valence-electron chi connectivity index (χ0n) is 14.8. The van der Waals surface area contributed by atoms with Gasteiger partial charge in [0.05, 0.1) is 18.8 Å². The number of amides is 2. The molecule has 1 aliphatic rings. The van der Waals surface area contributed by atoms with Gasteiger partial charge in [-0.1, -0.05) is 11.6 Å². The van der Waals surface area contributed by atoms with Crippen LogP contribution in [0.4, 0.5) is 5.69 Å². The van der Waals surface area contributed by atoms with E-state index in [0.717, 1.165) is 0 Å². The summed E-state index contributed by atoms with van der Waals surface area (Å²) in [6, 6.07) is 13.6. The van der Waals surface area contributed by atoms with E-state index in [-0.39, 0.29) is 17.4 Å². The van der Waals surface area contributed by atoms with E-state index in [4.69, 9.17) is 16.3 Å². The first-order valence-electron chi connectivity index (χ1n) is 8.43. The SMILES string of the molecule is CC1(C)COCCN1C(=O)c1ccc(NC(=O)c2ccc(Cl)cc2)cc1. The fourth-order valence-electron chi connectivity index (χ4n) is 2.89. The zero-order valence-corrected chi connectivity index (χ0v) is 15.5. The Labute approximate surface area is 157 Å². The number of hydrogen-bond acceptors (Lipinski definition) is 3. The number of nitrogens with one attached hydrogen (secondary N) is 1. The first-order valence-corrected chi connectivity index (χ1v) is 8.81. The van der Waals surface area contributed by atoms with Crippen molar-refractivity contribution in [2.75, 3.05) is 25.1 Å². The lowest BCUT2D eigenvalue weighted by atomic mass is 10.0. The molecule has 2 aromatic rings. The predicted molar refractivity (Wildman–Crippen MR) is 102 cm³/mol. The molecule has 2 aromatic carbocycles. The predicted octanol–water partition coefficient (Wildman–Crippen LogP) is 3.84. The maximum absolute atomic E-state index is 12.8.